The van der Waals surface area contributed by atoms with Crippen LogP contribution in [0.4, 0.5) is 0 Å². The van der Waals surface area contributed by atoms with Crippen molar-refractivity contribution in [3.63, 3.8) is 0 Å². The topological polar surface area (TPSA) is 52.6 Å². The molecule has 19 heavy (non-hydrogen) atoms. The number of carbonyl (C=O) groups is 1. The number of rotatable bonds is 5. The van der Waals surface area contributed by atoms with Gasteiger partial charge in [0, 0.05) is 38.2 Å². The zero-order valence-electron chi connectivity index (χ0n) is 11.5. The zero-order chi connectivity index (χ0) is 13.7. The molecule has 2 rings (SSSR count). The van der Waals surface area contributed by atoms with E-state index in [2.05, 4.69) is 5.32 Å². The molecule has 4 heteroatoms. The summed E-state index contributed by atoms with van der Waals surface area (Å²) < 4.78 is 0. The van der Waals surface area contributed by atoms with Crippen molar-refractivity contribution in [2.24, 2.45) is 0 Å². The van der Waals surface area contributed by atoms with E-state index in [1.807, 2.05) is 24.0 Å². The second-order valence-electron chi connectivity index (χ2n) is 5.15. The lowest BCUT2D eigenvalue weighted by Gasteiger charge is -2.15. The molecule has 1 aromatic rings. The first-order valence-electron chi connectivity index (χ1n) is 6.94. The Balaban J connectivity index is 1.71. The van der Waals surface area contributed by atoms with Gasteiger partial charge in [0.2, 0.25) is 5.91 Å². The number of nitrogens with zero attached hydrogens (tertiary/aromatic N) is 1. The number of carbonyl (C=O) groups excluding carboxylic acids is 1. The smallest absolute Gasteiger partial charge is 0.223 e. The van der Waals surface area contributed by atoms with Crippen LogP contribution >= 0.6 is 0 Å². The van der Waals surface area contributed by atoms with Gasteiger partial charge in [0.05, 0.1) is 0 Å². The van der Waals surface area contributed by atoms with Crippen molar-refractivity contribution in [1.82, 2.24) is 10.2 Å². The van der Waals surface area contributed by atoms with Gasteiger partial charge in [0.25, 0.3) is 0 Å². The third-order valence-electron chi connectivity index (χ3n) is 3.52. The van der Waals surface area contributed by atoms with Crippen LogP contribution in [0.5, 0.6) is 5.75 Å². The van der Waals surface area contributed by atoms with Crippen molar-refractivity contribution < 1.29 is 9.90 Å². The third-order valence-corrected chi connectivity index (χ3v) is 3.52. The highest BCUT2D eigenvalue weighted by molar-refractivity contribution is 5.76. The Morgan fingerprint density at radius 1 is 1.37 bits per heavy atom. The van der Waals surface area contributed by atoms with Crippen LogP contribution < -0.4 is 5.32 Å². The molecular formula is C15H22N2O2. The van der Waals surface area contributed by atoms with Gasteiger partial charge in [-0.1, -0.05) is 17.7 Å². The highest BCUT2D eigenvalue weighted by Crippen LogP contribution is 2.17. The predicted octanol–water partition coefficient (Wildman–Crippen LogP) is 1.80. The molecule has 0 atom stereocenters. The summed E-state index contributed by atoms with van der Waals surface area (Å²) in [5.74, 6) is 0.544. The van der Waals surface area contributed by atoms with E-state index in [0.717, 1.165) is 37.1 Å². The minimum Gasteiger partial charge on any atom is -0.508 e. The first-order chi connectivity index (χ1) is 9.16. The molecule has 0 saturated carbocycles. The Morgan fingerprint density at radius 2 is 2.11 bits per heavy atom. The number of phenols is 1. The Bertz CT molecular complexity index is 440. The molecule has 104 valence electrons. The number of amides is 1. The summed E-state index contributed by atoms with van der Waals surface area (Å²) in [6, 6.07) is 5.56. The summed E-state index contributed by atoms with van der Waals surface area (Å²) in [5.41, 5.74) is 2.01. The van der Waals surface area contributed by atoms with Crippen LogP contribution in [0.3, 0.4) is 0 Å². The van der Waals surface area contributed by atoms with Gasteiger partial charge in [0.15, 0.2) is 0 Å². The SMILES string of the molecule is Cc1ccc(O)c(CNCCC(=O)N2CCCC2)c1. The molecule has 0 radical (unpaired) electrons. The molecule has 0 spiro atoms. The first-order valence-corrected chi connectivity index (χ1v) is 6.94. The zero-order valence-corrected chi connectivity index (χ0v) is 11.5. The highest BCUT2D eigenvalue weighted by atomic mass is 16.3. The Labute approximate surface area is 114 Å². The van der Waals surface area contributed by atoms with Crippen molar-refractivity contribution in [2.45, 2.75) is 32.7 Å². The van der Waals surface area contributed by atoms with Crippen LogP contribution in [0.1, 0.15) is 30.4 Å². The largest absolute Gasteiger partial charge is 0.508 e. The molecule has 2 N–H and O–H groups in total. The van der Waals surface area contributed by atoms with E-state index < -0.39 is 0 Å². The maximum absolute atomic E-state index is 11.8. The van der Waals surface area contributed by atoms with Crippen molar-refractivity contribution >= 4 is 5.91 Å². The minimum atomic E-state index is 0.235. The number of benzene rings is 1. The van der Waals surface area contributed by atoms with E-state index >= 15 is 0 Å². The molecule has 1 saturated heterocycles. The van der Waals surface area contributed by atoms with E-state index in [0.29, 0.717) is 25.3 Å². The molecule has 0 aliphatic carbocycles. The first kappa shape index (κ1) is 13.9. The summed E-state index contributed by atoms with van der Waals surface area (Å²) in [4.78, 5) is 13.8. The molecule has 0 aromatic heterocycles. The number of hydrogen-bond donors (Lipinski definition) is 2. The summed E-state index contributed by atoms with van der Waals surface area (Å²) in [6.45, 7) is 5.08. The molecule has 4 nitrogen and oxygen atoms in total. The summed E-state index contributed by atoms with van der Waals surface area (Å²) >= 11 is 0. The number of hydrogen-bond acceptors (Lipinski definition) is 3. The average Bonchev–Trinajstić information content (AvgIpc) is 2.92. The minimum absolute atomic E-state index is 0.235. The fraction of sp³-hybridized carbons (Fsp3) is 0.533. The number of phenolic OH excluding ortho intramolecular Hbond substituents is 1. The maximum Gasteiger partial charge on any atom is 0.223 e. The van der Waals surface area contributed by atoms with Crippen LogP contribution in [-0.4, -0.2) is 35.5 Å². The van der Waals surface area contributed by atoms with Crippen molar-refractivity contribution in [3.05, 3.63) is 29.3 Å². The van der Waals surface area contributed by atoms with E-state index in [9.17, 15) is 9.90 Å². The predicted molar refractivity (Wildman–Crippen MR) is 75.0 cm³/mol. The monoisotopic (exact) mass is 262 g/mol. The normalized spacial score (nSPS) is 14.9. The van der Waals surface area contributed by atoms with Crippen LogP contribution in [0.2, 0.25) is 0 Å². The van der Waals surface area contributed by atoms with Crippen molar-refractivity contribution in [1.29, 1.82) is 0 Å². The van der Waals surface area contributed by atoms with Crippen molar-refractivity contribution in [3.8, 4) is 5.75 Å². The molecule has 1 aliphatic rings. The molecule has 1 fully saturated rings. The van der Waals surface area contributed by atoms with Crippen molar-refractivity contribution in [2.75, 3.05) is 19.6 Å². The summed E-state index contributed by atoms with van der Waals surface area (Å²) in [7, 11) is 0. The van der Waals surface area contributed by atoms with Crippen LogP contribution in [-0.2, 0) is 11.3 Å². The number of likely N-dealkylation sites (tertiary alicyclic amines) is 1. The average molecular weight is 262 g/mol. The lowest BCUT2D eigenvalue weighted by atomic mass is 10.1. The fourth-order valence-electron chi connectivity index (χ4n) is 2.40. The maximum atomic E-state index is 11.8. The lowest BCUT2D eigenvalue weighted by Crippen LogP contribution is -2.30. The van der Waals surface area contributed by atoms with E-state index in [1.54, 1.807) is 6.07 Å². The third kappa shape index (κ3) is 3.96. The standard InChI is InChI=1S/C15H22N2O2/c1-12-4-5-14(18)13(10-12)11-16-7-6-15(19)17-8-2-3-9-17/h4-5,10,16,18H,2-3,6-9,11H2,1H3. The van der Waals surface area contributed by atoms with E-state index in [1.165, 1.54) is 0 Å². The molecular weight excluding hydrogens is 240 g/mol. The summed E-state index contributed by atoms with van der Waals surface area (Å²) in [5, 5.41) is 12.9. The summed E-state index contributed by atoms with van der Waals surface area (Å²) in [6.07, 6.45) is 2.80. The molecule has 1 heterocycles. The Hall–Kier alpha value is -1.55. The van der Waals surface area contributed by atoms with Crippen LogP contribution in [0.25, 0.3) is 0 Å². The second-order valence-corrected chi connectivity index (χ2v) is 5.15. The van der Waals surface area contributed by atoms with Gasteiger partial charge in [-0.15, -0.1) is 0 Å². The van der Waals surface area contributed by atoms with Gasteiger partial charge in [-0.3, -0.25) is 4.79 Å². The molecule has 1 aromatic carbocycles. The van der Waals surface area contributed by atoms with Gasteiger partial charge >= 0.3 is 0 Å². The second kappa shape index (κ2) is 6.57. The number of aromatic hydroxyl groups is 1. The van der Waals surface area contributed by atoms with Crippen LogP contribution in [0, 0.1) is 6.92 Å². The lowest BCUT2D eigenvalue weighted by molar-refractivity contribution is -0.130. The van der Waals surface area contributed by atoms with Gasteiger partial charge in [0.1, 0.15) is 5.75 Å². The fourth-order valence-corrected chi connectivity index (χ4v) is 2.40. The Kier molecular flexibility index (Phi) is 4.80. The highest BCUT2D eigenvalue weighted by Gasteiger charge is 2.16. The molecule has 0 bridgehead atoms. The van der Waals surface area contributed by atoms with Gasteiger partial charge in [-0.25, -0.2) is 0 Å². The molecule has 1 aliphatic heterocycles. The van der Waals surface area contributed by atoms with E-state index in [4.69, 9.17) is 0 Å². The van der Waals surface area contributed by atoms with E-state index in [-0.39, 0.29) is 5.91 Å². The Morgan fingerprint density at radius 3 is 2.84 bits per heavy atom. The van der Waals surface area contributed by atoms with Gasteiger partial charge in [-0.05, 0) is 25.8 Å². The molecule has 1 amide bonds. The number of nitrogens with one attached hydrogen (secondary N) is 1. The van der Waals surface area contributed by atoms with Gasteiger partial charge < -0.3 is 15.3 Å². The quantitative estimate of drug-likeness (QED) is 0.796. The molecule has 0 unspecified atom stereocenters. The van der Waals surface area contributed by atoms with Gasteiger partial charge in [-0.2, -0.15) is 0 Å². The van der Waals surface area contributed by atoms with Crippen LogP contribution in [0.15, 0.2) is 18.2 Å². The number of aryl methyl sites for hydroxylation is 1.